The van der Waals surface area contributed by atoms with E-state index in [2.05, 4.69) is 0 Å². The first kappa shape index (κ1) is 17.8. The molecule has 0 unspecified atom stereocenters. The minimum absolute atomic E-state index is 0.320. The van der Waals surface area contributed by atoms with Gasteiger partial charge in [-0.15, -0.1) is 0 Å². The molecule has 1 saturated heterocycles. The van der Waals surface area contributed by atoms with Crippen LogP contribution in [0.3, 0.4) is 0 Å². The van der Waals surface area contributed by atoms with Crippen LogP contribution in [0.2, 0.25) is 0 Å². The molecule has 1 aliphatic rings. The van der Waals surface area contributed by atoms with Gasteiger partial charge in [0.15, 0.2) is 0 Å². The van der Waals surface area contributed by atoms with Crippen LogP contribution < -0.4 is 0 Å². The smallest absolute Gasteiger partial charge is 0.409 e. The van der Waals surface area contributed by atoms with Gasteiger partial charge in [-0.05, 0) is 12.5 Å². The van der Waals surface area contributed by atoms with Crippen molar-refractivity contribution in [1.29, 1.82) is 0 Å². The Kier molecular flexibility index (Phi) is 6.17. The second kappa shape index (κ2) is 8.33. The molecule has 0 radical (unpaired) electrons. The first-order valence-electron chi connectivity index (χ1n) is 8.03. The lowest BCUT2D eigenvalue weighted by molar-refractivity contribution is -0.152. The monoisotopic (exact) mass is 333 g/mol. The van der Waals surface area contributed by atoms with Crippen LogP contribution in [0.4, 0.5) is 4.79 Å². The number of nitrogens with zero attached hydrogens (tertiary/aromatic N) is 3. The Labute approximate surface area is 141 Å². The van der Waals surface area contributed by atoms with E-state index in [1.807, 2.05) is 30.3 Å². The van der Waals surface area contributed by atoms with Gasteiger partial charge in [-0.25, -0.2) is 4.79 Å². The molecule has 7 nitrogen and oxygen atoms in total. The Morgan fingerprint density at radius 1 is 1.04 bits per heavy atom. The summed E-state index contributed by atoms with van der Waals surface area (Å²) in [7, 11) is 1.61. The largest absolute Gasteiger partial charge is 0.450 e. The normalized spacial score (nSPS) is 14.2. The van der Waals surface area contributed by atoms with E-state index < -0.39 is 11.8 Å². The molecule has 0 atom stereocenters. The van der Waals surface area contributed by atoms with E-state index in [0.29, 0.717) is 39.3 Å². The van der Waals surface area contributed by atoms with Crippen molar-refractivity contribution in [1.82, 2.24) is 14.7 Å². The van der Waals surface area contributed by atoms with Crippen LogP contribution in [0, 0.1) is 0 Å². The van der Waals surface area contributed by atoms with Gasteiger partial charge < -0.3 is 19.4 Å². The molecule has 0 N–H and O–H groups in total. The fourth-order valence-corrected chi connectivity index (χ4v) is 2.53. The zero-order valence-electron chi connectivity index (χ0n) is 14.1. The van der Waals surface area contributed by atoms with Crippen LogP contribution in [0.1, 0.15) is 12.5 Å². The van der Waals surface area contributed by atoms with Crippen LogP contribution in [0.25, 0.3) is 0 Å². The van der Waals surface area contributed by atoms with E-state index in [0.717, 1.165) is 5.56 Å². The number of carbonyl (C=O) groups excluding carboxylic acids is 3. The quantitative estimate of drug-likeness (QED) is 0.772. The highest BCUT2D eigenvalue weighted by atomic mass is 16.6. The van der Waals surface area contributed by atoms with Gasteiger partial charge in [0.2, 0.25) is 0 Å². The molecule has 1 aromatic carbocycles. The summed E-state index contributed by atoms with van der Waals surface area (Å²) in [5, 5.41) is 0. The molecule has 0 aliphatic carbocycles. The van der Waals surface area contributed by atoms with Crippen molar-refractivity contribution in [3.8, 4) is 0 Å². The predicted molar refractivity (Wildman–Crippen MR) is 88.1 cm³/mol. The average molecular weight is 333 g/mol. The molecule has 0 saturated carbocycles. The first-order valence-corrected chi connectivity index (χ1v) is 8.03. The summed E-state index contributed by atoms with van der Waals surface area (Å²) in [5.41, 5.74) is 0.966. The Morgan fingerprint density at radius 3 is 2.21 bits per heavy atom. The molecule has 3 amide bonds. The third kappa shape index (κ3) is 4.47. The highest BCUT2D eigenvalue weighted by Gasteiger charge is 2.29. The van der Waals surface area contributed by atoms with Crippen molar-refractivity contribution in [2.75, 3.05) is 39.8 Å². The molecule has 24 heavy (non-hydrogen) atoms. The molecule has 1 aromatic rings. The molecule has 7 heteroatoms. The van der Waals surface area contributed by atoms with Crippen LogP contribution in [0.15, 0.2) is 30.3 Å². The van der Waals surface area contributed by atoms with E-state index in [1.54, 1.807) is 18.9 Å². The van der Waals surface area contributed by atoms with Crippen molar-refractivity contribution >= 4 is 17.9 Å². The summed E-state index contributed by atoms with van der Waals surface area (Å²) in [5.74, 6) is -1.07. The second-order valence-corrected chi connectivity index (χ2v) is 5.62. The van der Waals surface area contributed by atoms with Gasteiger partial charge in [0.1, 0.15) is 0 Å². The van der Waals surface area contributed by atoms with Crippen LogP contribution in [-0.2, 0) is 20.9 Å². The summed E-state index contributed by atoms with van der Waals surface area (Å²) in [6, 6.07) is 9.51. The fourth-order valence-electron chi connectivity index (χ4n) is 2.53. The van der Waals surface area contributed by atoms with Gasteiger partial charge in [-0.3, -0.25) is 9.59 Å². The molecule has 1 aliphatic heterocycles. The molecular weight excluding hydrogens is 310 g/mol. The minimum Gasteiger partial charge on any atom is -0.450 e. The number of ether oxygens (including phenoxy) is 1. The van der Waals surface area contributed by atoms with Crippen molar-refractivity contribution in [3.05, 3.63) is 35.9 Å². The third-order valence-corrected chi connectivity index (χ3v) is 3.89. The van der Waals surface area contributed by atoms with Gasteiger partial charge in [-0.1, -0.05) is 30.3 Å². The van der Waals surface area contributed by atoms with Crippen molar-refractivity contribution in [2.24, 2.45) is 0 Å². The number of amides is 3. The van der Waals surface area contributed by atoms with Crippen molar-refractivity contribution in [3.63, 3.8) is 0 Å². The predicted octanol–water partition coefficient (Wildman–Crippen LogP) is 0.946. The van der Waals surface area contributed by atoms with Gasteiger partial charge in [0, 0.05) is 39.8 Å². The van der Waals surface area contributed by atoms with Gasteiger partial charge in [0.05, 0.1) is 6.61 Å². The molecule has 2 rings (SSSR count). The van der Waals surface area contributed by atoms with Crippen molar-refractivity contribution in [2.45, 2.75) is 13.5 Å². The van der Waals surface area contributed by atoms with Crippen LogP contribution >= 0.6 is 0 Å². The van der Waals surface area contributed by atoms with E-state index in [9.17, 15) is 14.4 Å². The number of piperazine rings is 1. The van der Waals surface area contributed by atoms with Gasteiger partial charge in [0.25, 0.3) is 0 Å². The lowest BCUT2D eigenvalue weighted by atomic mass is 10.2. The number of rotatable bonds is 3. The highest BCUT2D eigenvalue weighted by Crippen LogP contribution is 2.07. The SMILES string of the molecule is CCOC(=O)N1CCN(C(=O)C(=O)N(C)Cc2ccccc2)CC1. The van der Waals surface area contributed by atoms with E-state index in [4.69, 9.17) is 4.74 Å². The standard InChI is InChI=1S/C17H23N3O4/c1-3-24-17(23)20-11-9-19(10-12-20)16(22)15(21)18(2)13-14-7-5-4-6-8-14/h4-8H,3,9-13H2,1-2H3. The van der Waals surface area contributed by atoms with E-state index in [1.165, 1.54) is 9.80 Å². The maximum absolute atomic E-state index is 12.3. The Balaban J connectivity index is 1.85. The average Bonchev–Trinajstić information content (AvgIpc) is 2.61. The maximum atomic E-state index is 12.3. The second-order valence-electron chi connectivity index (χ2n) is 5.62. The van der Waals surface area contributed by atoms with Crippen LogP contribution in [0.5, 0.6) is 0 Å². The number of likely N-dealkylation sites (N-methyl/N-ethyl adjacent to an activating group) is 1. The van der Waals surface area contributed by atoms with Crippen LogP contribution in [-0.4, -0.2) is 72.4 Å². The fraction of sp³-hybridized carbons (Fsp3) is 0.471. The molecule has 1 heterocycles. The maximum Gasteiger partial charge on any atom is 0.409 e. The van der Waals surface area contributed by atoms with E-state index in [-0.39, 0.29) is 6.09 Å². The summed E-state index contributed by atoms with van der Waals surface area (Å²) in [4.78, 5) is 40.7. The molecule has 0 bridgehead atoms. The van der Waals surface area contributed by atoms with Crippen molar-refractivity contribution < 1.29 is 19.1 Å². The lowest BCUT2D eigenvalue weighted by Gasteiger charge is -2.34. The third-order valence-electron chi connectivity index (χ3n) is 3.89. The van der Waals surface area contributed by atoms with Gasteiger partial charge >= 0.3 is 17.9 Å². The van der Waals surface area contributed by atoms with Gasteiger partial charge in [-0.2, -0.15) is 0 Å². The summed E-state index contributed by atoms with van der Waals surface area (Å²) in [6.07, 6.45) is -0.378. The minimum atomic E-state index is -0.538. The Bertz CT molecular complexity index is 583. The Morgan fingerprint density at radius 2 is 1.62 bits per heavy atom. The molecule has 0 spiro atoms. The summed E-state index contributed by atoms with van der Waals surface area (Å²) < 4.78 is 4.94. The highest BCUT2D eigenvalue weighted by molar-refractivity contribution is 6.34. The molecule has 1 fully saturated rings. The molecule has 0 aromatic heterocycles. The zero-order valence-corrected chi connectivity index (χ0v) is 14.1. The zero-order chi connectivity index (χ0) is 17.5. The molecular formula is C17H23N3O4. The number of carbonyl (C=O) groups is 3. The number of benzene rings is 1. The Hall–Kier alpha value is -2.57. The number of hydrogen-bond acceptors (Lipinski definition) is 4. The first-order chi connectivity index (χ1) is 11.5. The van der Waals surface area contributed by atoms with E-state index >= 15 is 0 Å². The topological polar surface area (TPSA) is 70.2 Å². The molecule has 130 valence electrons. The summed E-state index contributed by atoms with van der Waals surface area (Å²) >= 11 is 0. The number of hydrogen-bond donors (Lipinski definition) is 0. The summed E-state index contributed by atoms with van der Waals surface area (Å²) in [6.45, 7) is 3.87. The lowest BCUT2D eigenvalue weighted by Crippen LogP contribution is -2.54.